The minimum atomic E-state index is -0.403. The molecule has 0 spiro atoms. The first-order valence-corrected chi connectivity index (χ1v) is 5.57. The van der Waals surface area contributed by atoms with Gasteiger partial charge in [0, 0.05) is 0 Å². The Bertz CT molecular complexity index is 366. The van der Waals surface area contributed by atoms with Crippen LogP contribution >= 0.6 is 0 Å². The second-order valence-corrected chi connectivity index (χ2v) is 4.58. The van der Waals surface area contributed by atoms with Crippen molar-refractivity contribution in [2.45, 2.75) is 18.3 Å². The van der Waals surface area contributed by atoms with Gasteiger partial charge < -0.3 is 9.69 Å². The molecule has 2 rings (SSSR count). The van der Waals surface area contributed by atoms with E-state index >= 15 is 0 Å². The highest BCUT2D eigenvalue weighted by Crippen LogP contribution is 2.33. The lowest BCUT2D eigenvalue weighted by Gasteiger charge is -2.36. The normalized spacial score (nSPS) is 20.6. The quantitative estimate of drug-likeness (QED) is 0.712. The Morgan fingerprint density at radius 3 is 2.31 bits per heavy atom. The van der Waals surface area contributed by atoms with Crippen LogP contribution in [0.2, 0.25) is 0 Å². The molecule has 1 saturated heterocycles. The van der Waals surface area contributed by atoms with E-state index in [0.29, 0.717) is 0 Å². The van der Waals surface area contributed by atoms with Gasteiger partial charge in [-0.25, -0.2) is 4.39 Å². The number of aldehydes is 1. The molecular formula is C13H16FNO. The molecule has 1 heterocycles. The van der Waals surface area contributed by atoms with Gasteiger partial charge in [-0.15, -0.1) is 0 Å². The van der Waals surface area contributed by atoms with Gasteiger partial charge in [0.15, 0.2) is 0 Å². The average molecular weight is 221 g/mol. The van der Waals surface area contributed by atoms with Gasteiger partial charge in [-0.2, -0.15) is 0 Å². The number of nitrogens with zero attached hydrogens (tertiary/aromatic N) is 1. The maximum absolute atomic E-state index is 12.8. The van der Waals surface area contributed by atoms with Gasteiger partial charge in [-0.1, -0.05) is 12.1 Å². The van der Waals surface area contributed by atoms with E-state index in [1.165, 1.54) is 12.1 Å². The smallest absolute Gasteiger partial charge is 0.130 e. The lowest BCUT2D eigenvalue weighted by Crippen LogP contribution is -2.41. The summed E-state index contributed by atoms with van der Waals surface area (Å²) in [5, 5.41) is 0. The highest BCUT2D eigenvalue weighted by atomic mass is 19.1. The molecule has 1 aromatic rings. The average Bonchev–Trinajstić information content (AvgIpc) is 2.32. The third kappa shape index (κ3) is 2.00. The Kier molecular flexibility index (Phi) is 3.06. The molecule has 2 nitrogen and oxygen atoms in total. The molecule has 0 aliphatic carbocycles. The van der Waals surface area contributed by atoms with Gasteiger partial charge in [-0.05, 0) is 50.7 Å². The van der Waals surface area contributed by atoms with E-state index < -0.39 is 5.41 Å². The lowest BCUT2D eigenvalue weighted by molar-refractivity contribution is -0.114. The SMILES string of the molecule is CN1CCC(C=O)(c2ccc(F)cc2)CC1. The van der Waals surface area contributed by atoms with Crippen molar-refractivity contribution in [3.63, 3.8) is 0 Å². The number of hydrogen-bond donors (Lipinski definition) is 0. The first kappa shape index (κ1) is 11.3. The first-order valence-electron chi connectivity index (χ1n) is 5.57. The molecule has 1 aliphatic rings. The summed E-state index contributed by atoms with van der Waals surface area (Å²) in [4.78, 5) is 13.6. The third-order valence-corrected chi connectivity index (χ3v) is 3.52. The Morgan fingerprint density at radius 1 is 1.25 bits per heavy atom. The zero-order valence-electron chi connectivity index (χ0n) is 9.45. The van der Waals surface area contributed by atoms with Crippen LogP contribution in [0, 0.1) is 5.82 Å². The molecule has 0 unspecified atom stereocenters. The first-order chi connectivity index (χ1) is 7.66. The Balaban J connectivity index is 2.27. The second kappa shape index (κ2) is 4.34. The predicted molar refractivity (Wildman–Crippen MR) is 60.9 cm³/mol. The Labute approximate surface area is 95.1 Å². The molecule has 0 amide bonds. The number of rotatable bonds is 2. The van der Waals surface area contributed by atoms with E-state index in [9.17, 15) is 9.18 Å². The Morgan fingerprint density at radius 2 is 1.81 bits per heavy atom. The molecule has 3 heteroatoms. The minimum Gasteiger partial charge on any atom is -0.306 e. The summed E-state index contributed by atoms with van der Waals surface area (Å²) in [7, 11) is 2.05. The topological polar surface area (TPSA) is 20.3 Å². The van der Waals surface area contributed by atoms with Gasteiger partial charge in [0.25, 0.3) is 0 Å². The molecule has 0 atom stereocenters. The second-order valence-electron chi connectivity index (χ2n) is 4.58. The van der Waals surface area contributed by atoms with Gasteiger partial charge in [0.2, 0.25) is 0 Å². The van der Waals surface area contributed by atoms with E-state index in [1.807, 2.05) is 0 Å². The molecule has 0 saturated carbocycles. The summed E-state index contributed by atoms with van der Waals surface area (Å²) in [6.45, 7) is 1.83. The van der Waals surface area contributed by atoms with Crippen molar-refractivity contribution in [3.05, 3.63) is 35.6 Å². The van der Waals surface area contributed by atoms with E-state index in [0.717, 1.165) is 37.8 Å². The minimum absolute atomic E-state index is 0.252. The van der Waals surface area contributed by atoms with E-state index in [-0.39, 0.29) is 5.82 Å². The molecule has 0 aromatic heterocycles. The van der Waals surface area contributed by atoms with Gasteiger partial charge in [-0.3, -0.25) is 0 Å². The van der Waals surface area contributed by atoms with Crippen LogP contribution in [-0.2, 0) is 10.2 Å². The maximum atomic E-state index is 12.8. The van der Waals surface area contributed by atoms with Crippen LogP contribution in [0.25, 0.3) is 0 Å². The molecule has 86 valence electrons. The van der Waals surface area contributed by atoms with E-state index in [2.05, 4.69) is 11.9 Å². The highest BCUT2D eigenvalue weighted by molar-refractivity contribution is 5.69. The fraction of sp³-hybridized carbons (Fsp3) is 0.462. The number of piperidine rings is 1. The van der Waals surface area contributed by atoms with Crippen molar-refractivity contribution in [2.75, 3.05) is 20.1 Å². The van der Waals surface area contributed by atoms with Crippen molar-refractivity contribution >= 4 is 6.29 Å². The molecule has 1 fully saturated rings. The Hall–Kier alpha value is -1.22. The predicted octanol–water partition coefficient (Wildman–Crippen LogP) is 1.99. The van der Waals surface area contributed by atoms with Crippen LogP contribution in [0.1, 0.15) is 18.4 Å². The largest absolute Gasteiger partial charge is 0.306 e. The standard InChI is InChI=1S/C13H16FNO/c1-15-8-6-13(10-16,7-9-15)11-2-4-12(14)5-3-11/h2-5,10H,6-9H2,1H3. The number of carbonyl (C=O) groups excluding carboxylic acids is 1. The summed E-state index contributed by atoms with van der Waals surface area (Å²) in [6.07, 6.45) is 2.67. The monoisotopic (exact) mass is 221 g/mol. The van der Waals surface area contributed by atoms with Crippen molar-refractivity contribution in [2.24, 2.45) is 0 Å². The summed E-state index contributed by atoms with van der Waals surface area (Å²) < 4.78 is 12.8. The highest BCUT2D eigenvalue weighted by Gasteiger charge is 2.34. The fourth-order valence-corrected chi connectivity index (χ4v) is 2.27. The van der Waals surface area contributed by atoms with Crippen LogP contribution in [0.3, 0.4) is 0 Å². The molecule has 1 aromatic carbocycles. The van der Waals surface area contributed by atoms with Gasteiger partial charge in [0.1, 0.15) is 12.1 Å². The number of hydrogen-bond acceptors (Lipinski definition) is 2. The third-order valence-electron chi connectivity index (χ3n) is 3.52. The van der Waals surface area contributed by atoms with E-state index in [4.69, 9.17) is 0 Å². The number of benzene rings is 1. The number of likely N-dealkylation sites (tertiary alicyclic amines) is 1. The summed E-state index contributed by atoms with van der Waals surface area (Å²) >= 11 is 0. The zero-order valence-corrected chi connectivity index (χ0v) is 9.45. The molecule has 16 heavy (non-hydrogen) atoms. The van der Waals surface area contributed by atoms with Gasteiger partial charge in [0.05, 0.1) is 5.41 Å². The van der Waals surface area contributed by atoms with Crippen LogP contribution < -0.4 is 0 Å². The number of halogens is 1. The molecular weight excluding hydrogens is 205 g/mol. The van der Waals surface area contributed by atoms with Crippen LogP contribution in [0.15, 0.2) is 24.3 Å². The zero-order chi connectivity index (χ0) is 11.6. The van der Waals surface area contributed by atoms with Crippen LogP contribution in [-0.4, -0.2) is 31.3 Å². The molecule has 0 N–H and O–H groups in total. The summed E-state index contributed by atoms with van der Waals surface area (Å²) in [6, 6.07) is 6.32. The van der Waals surface area contributed by atoms with Crippen molar-refractivity contribution in [1.29, 1.82) is 0 Å². The van der Waals surface area contributed by atoms with Crippen molar-refractivity contribution in [1.82, 2.24) is 4.90 Å². The molecule has 1 aliphatic heterocycles. The fourth-order valence-electron chi connectivity index (χ4n) is 2.27. The molecule has 0 radical (unpaired) electrons. The number of carbonyl (C=O) groups is 1. The summed E-state index contributed by atoms with van der Waals surface area (Å²) in [5.41, 5.74) is 0.539. The van der Waals surface area contributed by atoms with Gasteiger partial charge >= 0.3 is 0 Å². The van der Waals surface area contributed by atoms with Crippen LogP contribution in [0.5, 0.6) is 0 Å². The van der Waals surface area contributed by atoms with Crippen molar-refractivity contribution < 1.29 is 9.18 Å². The molecule has 0 bridgehead atoms. The van der Waals surface area contributed by atoms with Crippen molar-refractivity contribution in [3.8, 4) is 0 Å². The van der Waals surface area contributed by atoms with Crippen LogP contribution in [0.4, 0.5) is 4.39 Å². The lowest BCUT2D eigenvalue weighted by atomic mass is 9.74. The summed E-state index contributed by atoms with van der Waals surface area (Å²) in [5.74, 6) is -0.252. The van der Waals surface area contributed by atoms with E-state index in [1.54, 1.807) is 12.1 Å². The maximum Gasteiger partial charge on any atom is 0.130 e.